The topological polar surface area (TPSA) is 160 Å². The summed E-state index contributed by atoms with van der Waals surface area (Å²) in [6.07, 6.45) is 3.25. The molecular formula is C23H27FN6O4S. The molecular weight excluding hydrogens is 475 g/mol. The maximum atomic E-state index is 14.3. The molecule has 0 bridgehead atoms. The number of halogens is 1. The third-order valence-corrected chi connectivity index (χ3v) is 6.95. The molecule has 0 radical (unpaired) electrons. The van der Waals surface area contributed by atoms with Gasteiger partial charge < -0.3 is 26.1 Å². The SMILES string of the molecule is CCOc1cc(Cc2cnc(N)nc2N)cc(OS(=O)(=O)N(C)C2CC2)c1-c1cc(N)cc(F)c1. The maximum Gasteiger partial charge on any atom is 0.385 e. The molecule has 0 amide bonds. The van der Waals surface area contributed by atoms with E-state index in [0.29, 0.717) is 22.4 Å². The number of nitrogen functional groups attached to an aromatic ring is 3. The van der Waals surface area contributed by atoms with Crippen LogP contribution in [0.1, 0.15) is 30.9 Å². The smallest absolute Gasteiger partial charge is 0.385 e. The molecule has 0 spiro atoms. The van der Waals surface area contributed by atoms with Crippen molar-refractivity contribution in [3.63, 3.8) is 0 Å². The standard InChI is InChI=1S/C23H27FN6O4S/c1-3-33-19-7-13(6-15-12-28-23(27)29-22(15)26)8-20(34-35(31,32)30(2)18-4-5-18)21(19)14-9-16(24)11-17(25)10-14/h7-12,18H,3-6,25H2,1-2H3,(H4,26,27,28,29). The van der Waals surface area contributed by atoms with Crippen LogP contribution in [0.4, 0.5) is 21.8 Å². The Hall–Kier alpha value is -3.64. The highest BCUT2D eigenvalue weighted by molar-refractivity contribution is 7.84. The van der Waals surface area contributed by atoms with E-state index >= 15 is 0 Å². The molecule has 6 N–H and O–H groups in total. The Balaban J connectivity index is 1.87. The van der Waals surface area contributed by atoms with E-state index in [9.17, 15) is 12.8 Å². The number of nitrogens with two attached hydrogens (primary N) is 3. The van der Waals surface area contributed by atoms with Gasteiger partial charge in [-0.2, -0.15) is 17.7 Å². The van der Waals surface area contributed by atoms with Crippen molar-refractivity contribution in [1.29, 1.82) is 0 Å². The van der Waals surface area contributed by atoms with Gasteiger partial charge in [0.1, 0.15) is 17.4 Å². The van der Waals surface area contributed by atoms with Gasteiger partial charge in [-0.1, -0.05) is 0 Å². The van der Waals surface area contributed by atoms with Crippen LogP contribution in [0.3, 0.4) is 0 Å². The number of hydrogen-bond donors (Lipinski definition) is 3. The van der Waals surface area contributed by atoms with Gasteiger partial charge in [0, 0.05) is 37.0 Å². The van der Waals surface area contributed by atoms with Crippen LogP contribution in [-0.4, -0.2) is 42.4 Å². The van der Waals surface area contributed by atoms with Gasteiger partial charge in [-0.25, -0.2) is 9.37 Å². The summed E-state index contributed by atoms with van der Waals surface area (Å²) >= 11 is 0. The Morgan fingerprint density at radius 2 is 1.83 bits per heavy atom. The third-order valence-electron chi connectivity index (χ3n) is 5.55. The van der Waals surface area contributed by atoms with Gasteiger partial charge in [-0.3, -0.25) is 0 Å². The minimum Gasteiger partial charge on any atom is -0.493 e. The fourth-order valence-electron chi connectivity index (χ4n) is 3.71. The normalized spacial score (nSPS) is 13.7. The Bertz CT molecular complexity index is 1340. The number of ether oxygens (including phenoxy) is 1. The summed E-state index contributed by atoms with van der Waals surface area (Å²) in [5.41, 5.74) is 19.4. The van der Waals surface area contributed by atoms with Crippen molar-refractivity contribution >= 4 is 27.8 Å². The quantitative estimate of drug-likeness (QED) is 0.374. The van der Waals surface area contributed by atoms with E-state index < -0.39 is 16.1 Å². The van der Waals surface area contributed by atoms with Crippen LogP contribution >= 0.6 is 0 Å². The second kappa shape index (κ2) is 9.55. The zero-order chi connectivity index (χ0) is 25.3. The van der Waals surface area contributed by atoms with E-state index in [0.717, 1.165) is 12.8 Å². The molecule has 0 atom stereocenters. The molecule has 35 heavy (non-hydrogen) atoms. The first kappa shape index (κ1) is 24.5. The fourth-order valence-corrected chi connectivity index (χ4v) is 4.76. The van der Waals surface area contributed by atoms with Crippen molar-refractivity contribution < 1.29 is 21.7 Å². The highest BCUT2D eigenvalue weighted by Crippen LogP contribution is 2.42. The minimum atomic E-state index is -4.15. The van der Waals surface area contributed by atoms with Crippen LogP contribution in [0, 0.1) is 5.82 Å². The first-order valence-electron chi connectivity index (χ1n) is 11.0. The minimum absolute atomic E-state index is 0.0293. The molecule has 4 rings (SSSR count). The second-order valence-corrected chi connectivity index (χ2v) is 9.88. The molecule has 0 unspecified atom stereocenters. The van der Waals surface area contributed by atoms with E-state index in [1.54, 1.807) is 19.1 Å². The Kier molecular flexibility index (Phi) is 6.68. The van der Waals surface area contributed by atoms with Gasteiger partial charge in [0.15, 0.2) is 5.75 Å². The Labute approximate surface area is 203 Å². The van der Waals surface area contributed by atoms with E-state index in [1.807, 2.05) is 0 Å². The number of aromatic nitrogens is 2. The first-order valence-corrected chi connectivity index (χ1v) is 12.3. The second-order valence-electron chi connectivity index (χ2n) is 8.28. The molecule has 3 aromatic rings. The van der Waals surface area contributed by atoms with Gasteiger partial charge in [0.2, 0.25) is 5.95 Å². The lowest BCUT2D eigenvalue weighted by atomic mass is 9.98. The van der Waals surface area contributed by atoms with Gasteiger partial charge in [-0.05, 0) is 61.2 Å². The maximum absolute atomic E-state index is 14.3. The molecule has 0 saturated heterocycles. The molecule has 1 fully saturated rings. The summed E-state index contributed by atoms with van der Waals surface area (Å²) in [7, 11) is -2.68. The predicted octanol–water partition coefficient (Wildman–Crippen LogP) is 2.74. The number of nitrogens with zero attached hydrogens (tertiary/aromatic N) is 3. The predicted molar refractivity (Wildman–Crippen MR) is 131 cm³/mol. The first-order chi connectivity index (χ1) is 16.6. The zero-order valence-corrected chi connectivity index (χ0v) is 20.2. The molecule has 1 aliphatic carbocycles. The molecule has 1 aromatic heterocycles. The van der Waals surface area contributed by atoms with Crippen LogP contribution in [0.2, 0.25) is 0 Å². The molecule has 12 heteroatoms. The van der Waals surface area contributed by atoms with Crippen LogP contribution in [-0.2, 0) is 16.7 Å². The van der Waals surface area contributed by atoms with Crippen molar-refractivity contribution in [3.8, 4) is 22.6 Å². The van der Waals surface area contributed by atoms with Gasteiger partial charge in [0.25, 0.3) is 0 Å². The Morgan fingerprint density at radius 1 is 1.11 bits per heavy atom. The van der Waals surface area contributed by atoms with Gasteiger partial charge >= 0.3 is 10.3 Å². The van der Waals surface area contributed by atoms with E-state index in [4.69, 9.17) is 26.1 Å². The van der Waals surface area contributed by atoms with Crippen LogP contribution in [0.5, 0.6) is 11.5 Å². The lowest BCUT2D eigenvalue weighted by molar-refractivity contribution is 0.339. The van der Waals surface area contributed by atoms with Gasteiger partial charge in [-0.15, -0.1) is 0 Å². The van der Waals surface area contributed by atoms with E-state index in [2.05, 4.69) is 9.97 Å². The lowest BCUT2D eigenvalue weighted by Crippen LogP contribution is -2.32. The third kappa shape index (κ3) is 5.54. The van der Waals surface area contributed by atoms with Gasteiger partial charge in [0.05, 0.1) is 12.2 Å². The Morgan fingerprint density at radius 3 is 2.46 bits per heavy atom. The number of hydrogen-bond acceptors (Lipinski definition) is 9. The molecule has 0 aliphatic heterocycles. The highest BCUT2D eigenvalue weighted by atomic mass is 32.2. The highest BCUT2D eigenvalue weighted by Gasteiger charge is 2.36. The zero-order valence-electron chi connectivity index (χ0n) is 19.4. The van der Waals surface area contributed by atoms with E-state index in [-0.39, 0.29) is 47.8 Å². The summed E-state index contributed by atoms with van der Waals surface area (Å²) in [6.45, 7) is 2.04. The average molecular weight is 503 g/mol. The molecule has 1 saturated carbocycles. The average Bonchev–Trinajstić information content (AvgIpc) is 3.59. The van der Waals surface area contributed by atoms with Crippen LogP contribution < -0.4 is 26.1 Å². The van der Waals surface area contributed by atoms with Crippen molar-refractivity contribution in [2.24, 2.45) is 0 Å². The summed E-state index contributed by atoms with van der Waals surface area (Å²) in [5.74, 6) is -0.0793. The fraction of sp³-hybridized carbons (Fsp3) is 0.304. The van der Waals surface area contributed by atoms with E-state index in [1.165, 1.54) is 35.7 Å². The monoisotopic (exact) mass is 502 g/mol. The van der Waals surface area contributed by atoms with Crippen LogP contribution in [0.25, 0.3) is 11.1 Å². The number of anilines is 3. The largest absolute Gasteiger partial charge is 0.493 e. The van der Waals surface area contributed by atoms with Crippen molar-refractivity contribution in [2.75, 3.05) is 30.9 Å². The summed E-state index contributed by atoms with van der Waals surface area (Å²) in [6, 6.07) is 7.07. The molecule has 2 aromatic carbocycles. The summed E-state index contributed by atoms with van der Waals surface area (Å²) in [5, 5.41) is 0. The summed E-state index contributed by atoms with van der Waals surface area (Å²) < 4.78 is 53.0. The van der Waals surface area contributed by atoms with Crippen molar-refractivity contribution in [1.82, 2.24) is 14.3 Å². The molecule has 1 aliphatic rings. The van der Waals surface area contributed by atoms with Crippen molar-refractivity contribution in [2.45, 2.75) is 32.2 Å². The molecule has 1 heterocycles. The summed E-state index contributed by atoms with van der Waals surface area (Å²) in [4.78, 5) is 7.95. The van der Waals surface area contributed by atoms with Crippen LogP contribution in [0.15, 0.2) is 36.5 Å². The van der Waals surface area contributed by atoms with Crippen molar-refractivity contribution in [3.05, 3.63) is 53.5 Å². The number of benzene rings is 2. The number of rotatable bonds is 9. The lowest BCUT2D eigenvalue weighted by Gasteiger charge is -2.21. The molecule has 10 nitrogen and oxygen atoms in total. The molecule has 186 valence electrons.